The van der Waals surface area contributed by atoms with Crippen LogP contribution in [0.3, 0.4) is 0 Å². The molecule has 0 spiro atoms. The van der Waals surface area contributed by atoms with Gasteiger partial charge in [0, 0.05) is 12.8 Å². The van der Waals surface area contributed by atoms with Crippen LogP contribution in [0, 0.1) is 6.92 Å². The minimum atomic E-state index is -0.616. The fourth-order valence-electron chi connectivity index (χ4n) is 5.11. The number of esters is 2. The Hall–Kier alpha value is -1.06. The van der Waals surface area contributed by atoms with E-state index < -0.39 is 6.10 Å². The van der Waals surface area contributed by atoms with Crippen molar-refractivity contribution in [1.29, 1.82) is 0 Å². The van der Waals surface area contributed by atoms with Gasteiger partial charge < -0.3 is 9.47 Å². The Morgan fingerprint density at radius 3 is 1.08 bits per heavy atom. The quantitative estimate of drug-likeness (QED) is 0.0635. The van der Waals surface area contributed by atoms with E-state index in [0.29, 0.717) is 12.8 Å². The molecule has 4 heteroatoms. The maximum atomic E-state index is 12.0. The molecule has 0 aromatic heterocycles. The average Bonchev–Trinajstić information content (AvgIpc) is 2.92. The molecule has 0 heterocycles. The van der Waals surface area contributed by atoms with Crippen LogP contribution in [-0.4, -0.2) is 24.6 Å². The molecule has 1 atom stereocenters. The summed E-state index contributed by atoms with van der Waals surface area (Å²) < 4.78 is 10.6. The normalized spacial score (nSPS) is 12.0. The summed E-state index contributed by atoms with van der Waals surface area (Å²) in [5, 5.41) is 0. The lowest BCUT2D eigenvalue weighted by Gasteiger charge is -2.13. The number of hydrogen-bond acceptors (Lipinski definition) is 4. The van der Waals surface area contributed by atoms with E-state index >= 15 is 0 Å². The third kappa shape index (κ3) is 31.3. The van der Waals surface area contributed by atoms with Crippen LogP contribution in [0.1, 0.15) is 194 Å². The van der Waals surface area contributed by atoms with Gasteiger partial charge in [-0.05, 0) is 19.8 Å². The molecule has 0 aliphatic carbocycles. The van der Waals surface area contributed by atoms with Gasteiger partial charge in [-0.15, -0.1) is 0 Å². The predicted molar refractivity (Wildman–Crippen MR) is 167 cm³/mol. The smallest absolute Gasteiger partial charge is 0.306 e. The first-order chi connectivity index (χ1) is 19.1. The van der Waals surface area contributed by atoms with Gasteiger partial charge in [0.15, 0.2) is 0 Å². The van der Waals surface area contributed by atoms with Crippen molar-refractivity contribution >= 4 is 11.9 Å². The summed E-state index contributed by atoms with van der Waals surface area (Å²) in [5.74, 6) is -0.440. The van der Waals surface area contributed by atoms with Gasteiger partial charge in [-0.25, -0.2) is 0 Å². The standard InChI is InChI=1S/C35H67O4/c1-4-6-8-10-12-14-16-18-20-22-24-26-28-30-34(36)38-32-33(3)39-35(37)31-29-27-25-23-21-19-17-15-13-11-9-7-5-2/h33H,3-32H2,1-2H3/t33-/m1/s1. The zero-order chi connectivity index (χ0) is 28.7. The third-order valence-electron chi connectivity index (χ3n) is 7.70. The lowest BCUT2D eigenvalue weighted by molar-refractivity contribution is -0.156. The lowest BCUT2D eigenvalue weighted by atomic mass is 10.0. The Kier molecular flexibility index (Phi) is 30.6. The van der Waals surface area contributed by atoms with E-state index in [0.717, 1.165) is 25.7 Å². The van der Waals surface area contributed by atoms with Crippen molar-refractivity contribution in [3.05, 3.63) is 6.92 Å². The number of carbonyl (C=O) groups excluding carboxylic acids is 2. The third-order valence-corrected chi connectivity index (χ3v) is 7.70. The Bertz CT molecular complexity index is 519. The largest absolute Gasteiger partial charge is 0.462 e. The number of ether oxygens (including phenoxy) is 2. The van der Waals surface area contributed by atoms with Gasteiger partial charge in [0.1, 0.15) is 12.7 Å². The first-order valence-electron chi connectivity index (χ1n) is 17.3. The van der Waals surface area contributed by atoms with Crippen LogP contribution < -0.4 is 0 Å². The molecule has 0 aromatic carbocycles. The van der Waals surface area contributed by atoms with Crippen LogP contribution >= 0.6 is 0 Å². The summed E-state index contributed by atoms with van der Waals surface area (Å²) >= 11 is 0. The van der Waals surface area contributed by atoms with Gasteiger partial charge in [-0.3, -0.25) is 9.59 Å². The van der Waals surface area contributed by atoms with Crippen molar-refractivity contribution in [3.8, 4) is 0 Å². The molecule has 0 fully saturated rings. The number of carbonyl (C=O) groups is 2. The van der Waals surface area contributed by atoms with E-state index in [-0.39, 0.29) is 18.5 Å². The summed E-state index contributed by atoms with van der Waals surface area (Å²) in [6.45, 7) is 8.40. The van der Waals surface area contributed by atoms with E-state index in [9.17, 15) is 9.59 Å². The molecule has 231 valence electrons. The summed E-state index contributed by atoms with van der Waals surface area (Å²) in [6, 6.07) is 0. The molecule has 0 unspecified atom stereocenters. The van der Waals surface area contributed by atoms with Crippen molar-refractivity contribution in [2.75, 3.05) is 6.61 Å². The summed E-state index contributed by atoms with van der Waals surface area (Å²) in [5.41, 5.74) is 0. The topological polar surface area (TPSA) is 52.6 Å². The molecule has 0 N–H and O–H groups in total. The molecule has 0 rings (SSSR count). The summed E-state index contributed by atoms with van der Waals surface area (Å²) in [4.78, 5) is 24.0. The molecule has 0 saturated carbocycles. The fraction of sp³-hybridized carbons (Fsp3) is 0.914. The van der Waals surface area contributed by atoms with Crippen LogP contribution in [0.15, 0.2) is 0 Å². The van der Waals surface area contributed by atoms with E-state index in [1.54, 1.807) is 0 Å². The van der Waals surface area contributed by atoms with E-state index in [1.165, 1.54) is 141 Å². The zero-order valence-corrected chi connectivity index (χ0v) is 26.4. The second kappa shape index (κ2) is 31.5. The highest BCUT2D eigenvalue weighted by atomic mass is 16.6. The lowest BCUT2D eigenvalue weighted by Crippen LogP contribution is -2.22. The predicted octanol–water partition coefficient (Wildman–Crippen LogP) is 11.2. The van der Waals surface area contributed by atoms with Crippen molar-refractivity contribution in [1.82, 2.24) is 0 Å². The Labute approximate surface area is 244 Å². The van der Waals surface area contributed by atoms with Gasteiger partial charge in [0.2, 0.25) is 0 Å². The second-order valence-electron chi connectivity index (χ2n) is 11.8. The Morgan fingerprint density at radius 1 is 0.462 bits per heavy atom. The minimum Gasteiger partial charge on any atom is -0.462 e. The van der Waals surface area contributed by atoms with E-state index in [1.807, 2.05) is 0 Å². The number of rotatable bonds is 31. The molecule has 0 amide bonds. The van der Waals surface area contributed by atoms with Crippen LogP contribution in [-0.2, 0) is 19.1 Å². The summed E-state index contributed by atoms with van der Waals surface area (Å²) in [6.07, 6.45) is 33.7. The highest BCUT2D eigenvalue weighted by Crippen LogP contribution is 2.15. The van der Waals surface area contributed by atoms with E-state index in [2.05, 4.69) is 20.8 Å². The van der Waals surface area contributed by atoms with Gasteiger partial charge in [-0.1, -0.05) is 168 Å². The first kappa shape index (κ1) is 37.9. The maximum absolute atomic E-state index is 12.0. The van der Waals surface area contributed by atoms with Crippen molar-refractivity contribution in [2.24, 2.45) is 0 Å². The van der Waals surface area contributed by atoms with Crippen LogP contribution in [0.25, 0.3) is 0 Å². The van der Waals surface area contributed by atoms with Crippen LogP contribution in [0.2, 0.25) is 0 Å². The first-order valence-corrected chi connectivity index (χ1v) is 17.3. The molecule has 1 radical (unpaired) electrons. The molecule has 4 nitrogen and oxygen atoms in total. The average molecular weight is 552 g/mol. The van der Waals surface area contributed by atoms with Crippen molar-refractivity contribution in [2.45, 2.75) is 200 Å². The van der Waals surface area contributed by atoms with Crippen molar-refractivity contribution < 1.29 is 19.1 Å². The second-order valence-corrected chi connectivity index (χ2v) is 11.8. The van der Waals surface area contributed by atoms with Crippen LogP contribution in [0.5, 0.6) is 0 Å². The maximum Gasteiger partial charge on any atom is 0.306 e. The van der Waals surface area contributed by atoms with Gasteiger partial charge in [0.05, 0.1) is 0 Å². The Morgan fingerprint density at radius 2 is 0.744 bits per heavy atom. The van der Waals surface area contributed by atoms with Gasteiger partial charge in [0.25, 0.3) is 0 Å². The molecule has 0 bridgehead atoms. The highest BCUT2D eigenvalue weighted by Gasteiger charge is 2.12. The number of hydrogen-bond donors (Lipinski definition) is 0. The molecular weight excluding hydrogens is 484 g/mol. The monoisotopic (exact) mass is 552 g/mol. The number of unbranched alkanes of at least 4 members (excludes halogenated alkanes) is 24. The summed E-state index contributed by atoms with van der Waals surface area (Å²) in [7, 11) is 0. The zero-order valence-electron chi connectivity index (χ0n) is 26.4. The fourth-order valence-corrected chi connectivity index (χ4v) is 5.11. The SMILES string of the molecule is [CH2][C@H](COC(=O)CCCCCCCCCCCCCCC)OC(=O)CCCCCCCCCCCCCCC. The molecular formula is C35H67O4. The van der Waals surface area contributed by atoms with Crippen LogP contribution in [0.4, 0.5) is 0 Å². The van der Waals surface area contributed by atoms with Crippen molar-refractivity contribution in [3.63, 3.8) is 0 Å². The molecule has 39 heavy (non-hydrogen) atoms. The highest BCUT2D eigenvalue weighted by molar-refractivity contribution is 5.70. The molecule has 0 saturated heterocycles. The minimum absolute atomic E-state index is 0.0572. The molecule has 0 aliphatic rings. The molecule has 0 aliphatic heterocycles. The van der Waals surface area contributed by atoms with Gasteiger partial charge >= 0.3 is 11.9 Å². The Balaban J connectivity index is 3.40. The van der Waals surface area contributed by atoms with Gasteiger partial charge in [-0.2, -0.15) is 0 Å². The van der Waals surface area contributed by atoms with E-state index in [4.69, 9.17) is 9.47 Å². The molecule has 0 aromatic rings.